The zero-order valence-corrected chi connectivity index (χ0v) is 16.4. The van der Waals surface area contributed by atoms with Gasteiger partial charge in [-0.2, -0.15) is 0 Å². The van der Waals surface area contributed by atoms with Crippen molar-refractivity contribution in [1.82, 2.24) is 10.2 Å². The van der Waals surface area contributed by atoms with E-state index in [2.05, 4.69) is 12.2 Å². The summed E-state index contributed by atoms with van der Waals surface area (Å²) >= 11 is 0. The molecule has 5 nitrogen and oxygen atoms in total. The van der Waals surface area contributed by atoms with Crippen LogP contribution in [-0.4, -0.2) is 51.2 Å². The first-order chi connectivity index (χ1) is 11.7. The molecule has 0 radical (unpaired) electrons. The quantitative estimate of drug-likeness (QED) is 0.764. The molecule has 1 fully saturated rings. The molecule has 25 heavy (non-hydrogen) atoms. The third-order valence-electron chi connectivity index (χ3n) is 4.75. The predicted molar refractivity (Wildman–Crippen MR) is 103 cm³/mol. The summed E-state index contributed by atoms with van der Waals surface area (Å²) < 4.78 is 10.7. The summed E-state index contributed by atoms with van der Waals surface area (Å²) in [6.45, 7) is 5.97. The topological polar surface area (TPSA) is 50.8 Å². The van der Waals surface area contributed by atoms with Crippen LogP contribution in [0, 0.1) is 5.92 Å². The normalized spacial score (nSPS) is 14.8. The van der Waals surface area contributed by atoms with E-state index >= 15 is 0 Å². The number of halogens is 1. The minimum absolute atomic E-state index is 0. The van der Waals surface area contributed by atoms with Gasteiger partial charge >= 0.3 is 0 Å². The molecule has 1 N–H and O–H groups in total. The summed E-state index contributed by atoms with van der Waals surface area (Å²) in [7, 11) is 3.30. The number of piperidine rings is 1. The fourth-order valence-electron chi connectivity index (χ4n) is 3.21. The van der Waals surface area contributed by atoms with E-state index in [4.69, 9.17) is 9.47 Å². The maximum atomic E-state index is 12.5. The number of rotatable bonds is 8. The number of carbonyl (C=O) groups is 1. The van der Waals surface area contributed by atoms with Gasteiger partial charge in [0.25, 0.3) is 0 Å². The molecule has 1 amide bonds. The second-order valence-electron chi connectivity index (χ2n) is 6.31. The number of nitrogens with zero attached hydrogens (tertiary/aromatic N) is 1. The predicted octanol–water partition coefficient (Wildman–Crippen LogP) is 2.91. The van der Waals surface area contributed by atoms with E-state index in [9.17, 15) is 4.79 Å². The lowest BCUT2D eigenvalue weighted by Gasteiger charge is -2.32. The average molecular weight is 371 g/mol. The van der Waals surface area contributed by atoms with Crippen molar-refractivity contribution >= 4 is 18.3 Å². The number of aryl methyl sites for hydroxylation is 1. The Morgan fingerprint density at radius 2 is 1.96 bits per heavy atom. The lowest BCUT2D eigenvalue weighted by atomic mass is 9.96. The van der Waals surface area contributed by atoms with E-state index < -0.39 is 0 Å². The number of methoxy groups -OCH3 is 2. The summed E-state index contributed by atoms with van der Waals surface area (Å²) in [5, 5.41) is 3.40. The van der Waals surface area contributed by atoms with Crippen LogP contribution in [0.1, 0.15) is 31.7 Å². The third kappa shape index (κ3) is 6.40. The number of carbonyl (C=O) groups excluding carboxylic acids is 1. The van der Waals surface area contributed by atoms with Crippen LogP contribution in [0.4, 0.5) is 0 Å². The van der Waals surface area contributed by atoms with Crippen molar-refractivity contribution in [3.63, 3.8) is 0 Å². The van der Waals surface area contributed by atoms with Crippen molar-refractivity contribution in [2.45, 2.75) is 32.6 Å². The SMILES string of the molecule is CCNCC1CCN(C(=O)CCc2cc(OC)ccc2OC)CC1.Cl. The zero-order chi connectivity index (χ0) is 17.4. The largest absolute Gasteiger partial charge is 0.497 e. The molecule has 0 spiro atoms. The Balaban J connectivity index is 0.00000312. The smallest absolute Gasteiger partial charge is 0.222 e. The van der Waals surface area contributed by atoms with Gasteiger partial charge in [0.15, 0.2) is 0 Å². The van der Waals surface area contributed by atoms with Gasteiger partial charge in [-0.25, -0.2) is 0 Å². The molecule has 1 heterocycles. The monoisotopic (exact) mass is 370 g/mol. The third-order valence-corrected chi connectivity index (χ3v) is 4.75. The van der Waals surface area contributed by atoms with Gasteiger partial charge in [-0.15, -0.1) is 12.4 Å². The van der Waals surface area contributed by atoms with Gasteiger partial charge in [-0.05, 0) is 62.0 Å². The van der Waals surface area contributed by atoms with Crippen molar-refractivity contribution in [2.75, 3.05) is 40.4 Å². The first-order valence-electron chi connectivity index (χ1n) is 8.87. The molecule has 2 rings (SSSR count). The fourth-order valence-corrected chi connectivity index (χ4v) is 3.21. The Hall–Kier alpha value is -1.46. The summed E-state index contributed by atoms with van der Waals surface area (Å²) in [4.78, 5) is 14.5. The number of hydrogen-bond acceptors (Lipinski definition) is 4. The van der Waals surface area contributed by atoms with Crippen LogP contribution in [0.3, 0.4) is 0 Å². The number of benzene rings is 1. The second kappa shape index (κ2) is 11.2. The molecule has 1 aromatic rings. The summed E-state index contributed by atoms with van der Waals surface area (Å²) in [6, 6.07) is 5.72. The molecule has 0 aromatic heterocycles. The van der Waals surface area contributed by atoms with Crippen LogP contribution in [0.2, 0.25) is 0 Å². The van der Waals surface area contributed by atoms with E-state index in [1.54, 1.807) is 14.2 Å². The van der Waals surface area contributed by atoms with Crippen LogP contribution in [0.25, 0.3) is 0 Å². The van der Waals surface area contributed by atoms with E-state index in [0.717, 1.165) is 56.1 Å². The fraction of sp³-hybridized carbons (Fsp3) is 0.632. The molecule has 1 aromatic carbocycles. The first-order valence-corrected chi connectivity index (χ1v) is 8.87. The van der Waals surface area contributed by atoms with E-state index in [1.165, 1.54) is 0 Å². The molecule has 0 bridgehead atoms. The number of hydrogen-bond donors (Lipinski definition) is 1. The molecule has 0 saturated carbocycles. The van der Waals surface area contributed by atoms with Crippen LogP contribution in [0.5, 0.6) is 11.5 Å². The number of likely N-dealkylation sites (tertiary alicyclic amines) is 1. The Kier molecular flexibility index (Phi) is 9.68. The minimum atomic E-state index is 0. The molecular weight excluding hydrogens is 340 g/mol. The summed E-state index contributed by atoms with van der Waals surface area (Å²) in [5.41, 5.74) is 1.02. The second-order valence-corrected chi connectivity index (χ2v) is 6.31. The highest BCUT2D eigenvalue weighted by Gasteiger charge is 2.22. The van der Waals surface area contributed by atoms with E-state index in [0.29, 0.717) is 18.8 Å². The lowest BCUT2D eigenvalue weighted by Crippen LogP contribution is -2.40. The maximum Gasteiger partial charge on any atom is 0.222 e. The van der Waals surface area contributed by atoms with Gasteiger partial charge < -0.3 is 19.7 Å². The van der Waals surface area contributed by atoms with Crippen molar-refractivity contribution in [2.24, 2.45) is 5.92 Å². The Labute approximate surface area is 157 Å². The first kappa shape index (κ1) is 21.6. The van der Waals surface area contributed by atoms with Gasteiger partial charge in [-0.1, -0.05) is 6.92 Å². The van der Waals surface area contributed by atoms with Gasteiger partial charge in [0.1, 0.15) is 11.5 Å². The number of nitrogens with one attached hydrogen (secondary N) is 1. The molecule has 0 atom stereocenters. The van der Waals surface area contributed by atoms with E-state index in [-0.39, 0.29) is 18.3 Å². The molecule has 0 unspecified atom stereocenters. The van der Waals surface area contributed by atoms with Gasteiger partial charge in [0, 0.05) is 19.5 Å². The van der Waals surface area contributed by atoms with Crippen molar-refractivity contribution < 1.29 is 14.3 Å². The highest BCUT2D eigenvalue weighted by molar-refractivity contribution is 5.85. The molecule has 0 aliphatic carbocycles. The van der Waals surface area contributed by atoms with Gasteiger partial charge in [0.2, 0.25) is 5.91 Å². The number of ether oxygens (including phenoxy) is 2. The van der Waals surface area contributed by atoms with Crippen LogP contribution >= 0.6 is 12.4 Å². The molecule has 1 aliphatic rings. The molecule has 1 saturated heterocycles. The highest BCUT2D eigenvalue weighted by Crippen LogP contribution is 2.25. The highest BCUT2D eigenvalue weighted by atomic mass is 35.5. The Morgan fingerprint density at radius 3 is 2.56 bits per heavy atom. The molecular formula is C19H31ClN2O3. The average Bonchev–Trinajstić information content (AvgIpc) is 2.64. The van der Waals surface area contributed by atoms with Crippen LogP contribution < -0.4 is 14.8 Å². The summed E-state index contributed by atoms with van der Waals surface area (Å²) in [6.07, 6.45) is 3.39. The van der Waals surface area contributed by atoms with Crippen molar-refractivity contribution in [3.8, 4) is 11.5 Å². The number of amides is 1. The van der Waals surface area contributed by atoms with Crippen molar-refractivity contribution in [3.05, 3.63) is 23.8 Å². The van der Waals surface area contributed by atoms with Crippen LogP contribution in [0.15, 0.2) is 18.2 Å². The Morgan fingerprint density at radius 1 is 1.24 bits per heavy atom. The van der Waals surface area contributed by atoms with Gasteiger partial charge in [0.05, 0.1) is 14.2 Å². The maximum absolute atomic E-state index is 12.5. The van der Waals surface area contributed by atoms with Crippen molar-refractivity contribution in [1.29, 1.82) is 0 Å². The Bertz CT molecular complexity index is 531. The van der Waals surface area contributed by atoms with E-state index in [1.807, 2.05) is 23.1 Å². The molecule has 142 valence electrons. The minimum Gasteiger partial charge on any atom is -0.497 e. The van der Waals surface area contributed by atoms with Crippen LogP contribution in [-0.2, 0) is 11.2 Å². The summed E-state index contributed by atoms with van der Waals surface area (Å²) in [5.74, 6) is 2.55. The zero-order valence-electron chi connectivity index (χ0n) is 15.5. The van der Waals surface area contributed by atoms with Gasteiger partial charge in [-0.3, -0.25) is 4.79 Å². The standard InChI is InChI=1S/C19H30N2O3.ClH/c1-4-20-14-15-9-11-21(12-10-15)19(22)8-5-16-13-17(23-2)6-7-18(16)24-3;/h6-7,13,15,20H,4-5,8-12,14H2,1-3H3;1H. The molecule has 6 heteroatoms. The molecule has 1 aliphatic heterocycles. The lowest BCUT2D eigenvalue weighted by molar-refractivity contribution is -0.132.